The number of esters is 1. The van der Waals surface area contributed by atoms with Gasteiger partial charge in [0.2, 0.25) is 17.6 Å². The average Bonchev–Trinajstić information content (AvgIpc) is 3.57. The summed E-state index contributed by atoms with van der Waals surface area (Å²) in [5.74, 6) is -1.01. The maximum Gasteiger partial charge on any atom is 0.407 e. The van der Waals surface area contributed by atoms with E-state index in [0.29, 0.717) is 23.4 Å². The van der Waals surface area contributed by atoms with Crippen LogP contribution < -0.4 is 20.7 Å². The van der Waals surface area contributed by atoms with E-state index in [1.807, 2.05) is 30.3 Å². The van der Waals surface area contributed by atoms with Gasteiger partial charge in [-0.1, -0.05) is 56.2 Å². The van der Waals surface area contributed by atoms with E-state index in [0.717, 1.165) is 24.8 Å². The highest BCUT2D eigenvalue weighted by Gasteiger charge is 2.28. The number of methoxy groups -OCH3 is 2. The van der Waals surface area contributed by atoms with Crippen LogP contribution in [0.4, 0.5) is 4.79 Å². The van der Waals surface area contributed by atoms with Gasteiger partial charge in [-0.2, -0.15) is 5.21 Å². The topological polar surface area (TPSA) is 187 Å². The number of aromatic nitrogens is 4. The van der Waals surface area contributed by atoms with E-state index >= 15 is 0 Å². The number of aromatic amines is 1. The van der Waals surface area contributed by atoms with Crippen LogP contribution in [-0.2, 0) is 36.7 Å². The Bertz CT molecular complexity index is 1340. The molecule has 43 heavy (non-hydrogen) atoms. The Hall–Kier alpha value is -5.01. The van der Waals surface area contributed by atoms with Crippen molar-refractivity contribution < 1.29 is 33.4 Å². The van der Waals surface area contributed by atoms with Gasteiger partial charge in [-0.25, -0.2) is 9.59 Å². The van der Waals surface area contributed by atoms with Crippen LogP contribution in [0.3, 0.4) is 0 Å². The third-order valence-corrected chi connectivity index (χ3v) is 6.43. The molecule has 230 valence electrons. The lowest BCUT2D eigenvalue weighted by molar-refractivity contribution is -0.142. The number of carbonyl (C=O) groups excluding carboxylic acids is 4. The molecule has 1 unspecified atom stereocenters. The Balaban J connectivity index is 1.87. The molecule has 1 heterocycles. The number of tetrazole rings is 1. The summed E-state index contributed by atoms with van der Waals surface area (Å²) in [7, 11) is 2.46. The van der Waals surface area contributed by atoms with Crippen LogP contribution in [0.25, 0.3) is 11.4 Å². The van der Waals surface area contributed by atoms with Gasteiger partial charge in [0.15, 0.2) is 6.61 Å². The predicted molar refractivity (Wildman–Crippen MR) is 155 cm³/mol. The first-order valence-electron chi connectivity index (χ1n) is 13.9. The largest absolute Gasteiger partial charge is 0.481 e. The van der Waals surface area contributed by atoms with Gasteiger partial charge in [0.25, 0.3) is 0 Å². The standard InChI is InChI=1S/C29H37N7O7/c1-4-5-9-14-30-27(38)22(31-28(39)23(32-29(40)42-3)16-19-10-7-6-8-11-19)17-20-12-13-24(43-18-25(37)41-2)21(15-20)26-33-35-36-34-26/h6-8,10-13,15,22-23H,4-5,9,14,16-18H2,1-3H3,(H,30,38)(H,31,39)(H,32,40)(H,33,34,35,36)/t22-,23?/m0/s1. The molecule has 14 heteroatoms. The Labute approximate surface area is 249 Å². The minimum atomic E-state index is -1.01. The lowest BCUT2D eigenvalue weighted by Crippen LogP contribution is -2.55. The number of hydrogen-bond acceptors (Lipinski definition) is 10. The molecule has 0 aliphatic rings. The minimum absolute atomic E-state index is 0.0871. The molecule has 3 amide bonds. The first kappa shape index (κ1) is 32.5. The van der Waals surface area contributed by atoms with Crippen LogP contribution >= 0.6 is 0 Å². The van der Waals surface area contributed by atoms with Gasteiger partial charge >= 0.3 is 12.1 Å². The van der Waals surface area contributed by atoms with Crippen molar-refractivity contribution in [1.29, 1.82) is 0 Å². The monoisotopic (exact) mass is 595 g/mol. The second-order valence-corrected chi connectivity index (χ2v) is 9.57. The van der Waals surface area contributed by atoms with E-state index in [2.05, 4.69) is 48.2 Å². The molecular weight excluding hydrogens is 558 g/mol. The second kappa shape index (κ2) is 17.1. The molecule has 0 spiro atoms. The number of hydrogen-bond donors (Lipinski definition) is 4. The SMILES string of the molecule is CCCCCNC(=O)[C@H](Cc1ccc(OCC(=O)OC)c(-c2nn[nH]n2)c1)NC(=O)C(Cc1ccccc1)NC(=O)OC. The summed E-state index contributed by atoms with van der Waals surface area (Å²) >= 11 is 0. The number of benzene rings is 2. The predicted octanol–water partition coefficient (Wildman–Crippen LogP) is 1.72. The molecule has 0 aliphatic carbocycles. The van der Waals surface area contributed by atoms with Crippen molar-refractivity contribution in [1.82, 2.24) is 36.6 Å². The van der Waals surface area contributed by atoms with Gasteiger partial charge in [-0.05, 0) is 34.9 Å². The molecule has 3 rings (SSSR count). The Morgan fingerprint density at radius 3 is 2.30 bits per heavy atom. The van der Waals surface area contributed by atoms with E-state index in [1.165, 1.54) is 14.2 Å². The minimum Gasteiger partial charge on any atom is -0.481 e. The van der Waals surface area contributed by atoms with Gasteiger partial charge < -0.3 is 30.2 Å². The number of H-pyrrole nitrogens is 1. The highest BCUT2D eigenvalue weighted by atomic mass is 16.6. The van der Waals surface area contributed by atoms with Crippen molar-refractivity contribution >= 4 is 23.9 Å². The summed E-state index contributed by atoms with van der Waals surface area (Å²) in [6.07, 6.45) is 2.21. The summed E-state index contributed by atoms with van der Waals surface area (Å²) in [6.45, 7) is 2.17. The molecule has 0 aliphatic heterocycles. The van der Waals surface area contributed by atoms with Crippen LogP contribution in [0.15, 0.2) is 48.5 Å². The molecule has 0 radical (unpaired) electrons. The number of alkyl carbamates (subject to hydrolysis) is 1. The zero-order valence-corrected chi connectivity index (χ0v) is 24.4. The number of carbonyl (C=O) groups is 4. The fraction of sp³-hybridized carbons (Fsp3) is 0.414. The fourth-order valence-corrected chi connectivity index (χ4v) is 4.16. The van der Waals surface area contributed by atoms with Crippen LogP contribution in [0.5, 0.6) is 5.75 Å². The average molecular weight is 596 g/mol. The van der Waals surface area contributed by atoms with Crippen LogP contribution in [0.1, 0.15) is 37.3 Å². The van der Waals surface area contributed by atoms with Gasteiger partial charge in [-0.3, -0.25) is 9.59 Å². The smallest absolute Gasteiger partial charge is 0.407 e. The van der Waals surface area contributed by atoms with Crippen molar-refractivity contribution in [2.45, 2.75) is 51.1 Å². The highest BCUT2D eigenvalue weighted by molar-refractivity contribution is 5.91. The van der Waals surface area contributed by atoms with Crippen LogP contribution in [-0.4, -0.2) is 84.0 Å². The molecule has 14 nitrogen and oxygen atoms in total. The first-order valence-corrected chi connectivity index (χ1v) is 13.9. The zero-order chi connectivity index (χ0) is 31.0. The molecule has 0 saturated heterocycles. The summed E-state index contributed by atoms with van der Waals surface area (Å²) in [6, 6.07) is 12.2. The maximum absolute atomic E-state index is 13.5. The molecule has 2 aromatic carbocycles. The van der Waals surface area contributed by atoms with Crippen LogP contribution in [0.2, 0.25) is 0 Å². The number of ether oxygens (including phenoxy) is 3. The Morgan fingerprint density at radius 2 is 1.63 bits per heavy atom. The van der Waals surface area contributed by atoms with Crippen LogP contribution in [0, 0.1) is 0 Å². The Morgan fingerprint density at radius 1 is 0.884 bits per heavy atom. The van der Waals surface area contributed by atoms with Gasteiger partial charge in [0, 0.05) is 19.4 Å². The number of amides is 3. The third-order valence-electron chi connectivity index (χ3n) is 6.43. The first-order chi connectivity index (χ1) is 20.8. The van der Waals surface area contributed by atoms with E-state index in [9.17, 15) is 19.2 Å². The van der Waals surface area contributed by atoms with Gasteiger partial charge in [-0.15, -0.1) is 10.2 Å². The van der Waals surface area contributed by atoms with E-state index in [4.69, 9.17) is 9.47 Å². The number of nitrogens with one attached hydrogen (secondary N) is 4. The van der Waals surface area contributed by atoms with Crippen molar-refractivity contribution in [2.75, 3.05) is 27.4 Å². The molecule has 4 N–H and O–H groups in total. The fourth-order valence-electron chi connectivity index (χ4n) is 4.16. The quantitative estimate of drug-likeness (QED) is 0.140. The number of nitrogens with zero attached hydrogens (tertiary/aromatic N) is 3. The van der Waals surface area contributed by atoms with E-state index in [1.54, 1.807) is 18.2 Å². The highest BCUT2D eigenvalue weighted by Crippen LogP contribution is 2.29. The molecular formula is C29H37N7O7. The van der Waals surface area contributed by atoms with Crippen molar-refractivity contribution in [3.05, 3.63) is 59.7 Å². The van der Waals surface area contributed by atoms with Gasteiger partial charge in [0.05, 0.1) is 19.8 Å². The normalized spacial score (nSPS) is 12.0. The van der Waals surface area contributed by atoms with E-state index < -0.39 is 30.1 Å². The molecule has 3 aromatic rings. The summed E-state index contributed by atoms with van der Waals surface area (Å²) in [5.41, 5.74) is 1.87. The lowest BCUT2D eigenvalue weighted by atomic mass is 10.0. The maximum atomic E-state index is 13.5. The number of rotatable bonds is 16. The molecule has 0 fully saturated rings. The Kier molecular flexibility index (Phi) is 12.9. The molecule has 0 saturated carbocycles. The van der Waals surface area contributed by atoms with E-state index in [-0.39, 0.29) is 31.2 Å². The lowest BCUT2D eigenvalue weighted by Gasteiger charge is -2.23. The summed E-state index contributed by atoms with van der Waals surface area (Å²) < 4.78 is 15.0. The van der Waals surface area contributed by atoms with Crippen molar-refractivity contribution in [2.24, 2.45) is 0 Å². The number of unbranched alkanes of at least 4 members (excludes halogenated alkanes) is 2. The third kappa shape index (κ3) is 10.4. The van der Waals surface area contributed by atoms with Crippen molar-refractivity contribution in [3.8, 4) is 17.1 Å². The molecule has 1 aromatic heterocycles. The molecule has 2 atom stereocenters. The van der Waals surface area contributed by atoms with Crippen molar-refractivity contribution in [3.63, 3.8) is 0 Å². The second-order valence-electron chi connectivity index (χ2n) is 9.57. The summed E-state index contributed by atoms with van der Waals surface area (Å²) in [4.78, 5) is 50.6. The van der Waals surface area contributed by atoms with Gasteiger partial charge in [0.1, 0.15) is 17.8 Å². The molecule has 0 bridgehead atoms. The zero-order valence-electron chi connectivity index (χ0n) is 24.4. The summed E-state index contributed by atoms with van der Waals surface area (Å²) in [5, 5.41) is 22.3.